The maximum atomic E-state index is 14.0. The van der Waals surface area contributed by atoms with Crippen LogP contribution in [0.2, 0.25) is 0 Å². The Kier molecular flexibility index (Phi) is 5.46. The summed E-state index contributed by atoms with van der Waals surface area (Å²) in [7, 11) is -3.34. The van der Waals surface area contributed by atoms with Gasteiger partial charge in [0, 0.05) is 12.6 Å². The number of sulfonamides is 1. The van der Waals surface area contributed by atoms with Crippen LogP contribution in [0.5, 0.6) is 0 Å². The number of hydrogen-bond acceptors (Lipinski definition) is 3. The van der Waals surface area contributed by atoms with E-state index >= 15 is 0 Å². The highest BCUT2D eigenvalue weighted by Crippen LogP contribution is 2.28. The van der Waals surface area contributed by atoms with Gasteiger partial charge in [0.1, 0.15) is 5.82 Å². The number of carbonyl (C=O) groups excluding carboxylic acids is 1. The van der Waals surface area contributed by atoms with Crippen LogP contribution in [0.15, 0.2) is 18.2 Å². The third-order valence-corrected chi connectivity index (χ3v) is 6.65. The summed E-state index contributed by atoms with van der Waals surface area (Å²) in [5, 5.41) is 5.41. The smallest absolute Gasteiger partial charge is 0.319 e. The average molecular weight is 369 g/mol. The molecule has 0 unspecified atom stereocenters. The number of carbonyl (C=O) groups is 1. The van der Waals surface area contributed by atoms with Gasteiger partial charge >= 0.3 is 6.03 Å². The van der Waals surface area contributed by atoms with Crippen LogP contribution in [0.4, 0.5) is 20.6 Å². The molecule has 8 heteroatoms. The zero-order chi connectivity index (χ0) is 17.9. The summed E-state index contributed by atoms with van der Waals surface area (Å²) >= 11 is 0. The second-order valence-corrected chi connectivity index (χ2v) is 8.71. The number of amides is 2. The molecule has 1 saturated carbocycles. The van der Waals surface area contributed by atoms with Gasteiger partial charge in [-0.1, -0.05) is 25.7 Å². The molecule has 0 radical (unpaired) electrons. The first-order valence-corrected chi connectivity index (χ1v) is 10.4. The van der Waals surface area contributed by atoms with Crippen molar-refractivity contribution >= 4 is 27.4 Å². The van der Waals surface area contributed by atoms with E-state index < -0.39 is 21.9 Å². The van der Waals surface area contributed by atoms with Crippen molar-refractivity contribution in [3.63, 3.8) is 0 Å². The molecule has 1 heterocycles. The van der Waals surface area contributed by atoms with Crippen LogP contribution < -0.4 is 14.9 Å². The normalized spacial score (nSPS) is 20.9. The summed E-state index contributed by atoms with van der Waals surface area (Å²) in [6.45, 7) is 0.377. The molecule has 25 heavy (non-hydrogen) atoms. The Bertz CT molecular complexity index is 731. The van der Waals surface area contributed by atoms with Gasteiger partial charge in [-0.15, -0.1) is 0 Å². The Morgan fingerprint density at radius 1 is 1.12 bits per heavy atom. The van der Waals surface area contributed by atoms with Gasteiger partial charge in [0.2, 0.25) is 10.0 Å². The maximum Gasteiger partial charge on any atom is 0.319 e. The fourth-order valence-electron chi connectivity index (χ4n) is 3.46. The lowest BCUT2D eigenvalue weighted by Gasteiger charge is -2.19. The number of rotatable bonds is 3. The van der Waals surface area contributed by atoms with Gasteiger partial charge in [0.05, 0.1) is 17.1 Å². The molecule has 6 nitrogen and oxygen atoms in total. The van der Waals surface area contributed by atoms with Gasteiger partial charge in [0.15, 0.2) is 0 Å². The van der Waals surface area contributed by atoms with Crippen LogP contribution in [0, 0.1) is 5.82 Å². The van der Waals surface area contributed by atoms with E-state index in [0.29, 0.717) is 18.7 Å². The molecule has 1 aromatic rings. The van der Waals surface area contributed by atoms with Crippen molar-refractivity contribution in [3.05, 3.63) is 24.0 Å². The highest BCUT2D eigenvalue weighted by Gasteiger charge is 2.29. The SMILES string of the molecule is O=C(Nc1cc(N2CCCS2(=O)=O)ccc1F)NC1CCCCCC1. The second kappa shape index (κ2) is 7.59. The van der Waals surface area contributed by atoms with Crippen molar-refractivity contribution in [1.29, 1.82) is 0 Å². The number of anilines is 2. The molecule has 1 saturated heterocycles. The number of halogens is 1. The van der Waals surface area contributed by atoms with E-state index in [4.69, 9.17) is 0 Å². The first-order valence-electron chi connectivity index (χ1n) is 8.83. The van der Waals surface area contributed by atoms with Crippen molar-refractivity contribution < 1.29 is 17.6 Å². The van der Waals surface area contributed by atoms with Crippen molar-refractivity contribution in [3.8, 4) is 0 Å². The number of benzene rings is 1. The average Bonchev–Trinajstić information content (AvgIpc) is 2.75. The van der Waals surface area contributed by atoms with E-state index in [1.807, 2.05) is 0 Å². The van der Waals surface area contributed by atoms with Gasteiger partial charge in [-0.25, -0.2) is 17.6 Å². The number of nitrogens with zero attached hydrogens (tertiary/aromatic N) is 1. The molecular weight excluding hydrogens is 345 g/mol. The molecule has 2 fully saturated rings. The van der Waals surface area contributed by atoms with Crippen molar-refractivity contribution in [2.24, 2.45) is 0 Å². The van der Waals surface area contributed by atoms with Crippen LogP contribution in [-0.2, 0) is 10.0 Å². The predicted molar refractivity (Wildman–Crippen MR) is 95.8 cm³/mol. The molecule has 1 aromatic carbocycles. The molecule has 0 spiro atoms. The largest absolute Gasteiger partial charge is 0.335 e. The minimum absolute atomic E-state index is 0.00859. The van der Waals surface area contributed by atoms with Crippen LogP contribution in [-0.4, -0.2) is 32.8 Å². The molecule has 1 aliphatic carbocycles. The molecule has 2 amide bonds. The van der Waals surface area contributed by atoms with E-state index in [9.17, 15) is 17.6 Å². The zero-order valence-corrected chi connectivity index (χ0v) is 14.9. The van der Waals surface area contributed by atoms with Crippen LogP contribution in [0.3, 0.4) is 0 Å². The lowest BCUT2D eigenvalue weighted by Crippen LogP contribution is -2.37. The minimum Gasteiger partial charge on any atom is -0.335 e. The Hall–Kier alpha value is -1.83. The third kappa shape index (κ3) is 4.42. The van der Waals surface area contributed by atoms with Gasteiger partial charge in [0.25, 0.3) is 0 Å². The number of nitrogens with one attached hydrogen (secondary N) is 2. The molecule has 1 aliphatic heterocycles. The summed E-state index contributed by atoms with van der Waals surface area (Å²) in [4.78, 5) is 12.2. The lowest BCUT2D eigenvalue weighted by atomic mass is 10.1. The molecule has 138 valence electrons. The molecule has 0 aromatic heterocycles. The quantitative estimate of drug-likeness (QED) is 0.803. The first kappa shape index (κ1) is 18.0. The topological polar surface area (TPSA) is 78.5 Å². The van der Waals surface area contributed by atoms with Crippen LogP contribution in [0.1, 0.15) is 44.9 Å². The number of urea groups is 1. The summed E-state index contributed by atoms with van der Waals surface area (Å²) in [6.07, 6.45) is 6.94. The van der Waals surface area contributed by atoms with Crippen molar-refractivity contribution in [2.45, 2.75) is 51.0 Å². The molecule has 2 aliphatic rings. The van der Waals surface area contributed by atoms with E-state index in [2.05, 4.69) is 10.6 Å². The summed E-state index contributed by atoms with van der Waals surface area (Å²) in [5.41, 5.74) is 0.370. The van der Waals surface area contributed by atoms with E-state index in [1.54, 1.807) is 0 Å². The fraction of sp³-hybridized carbons (Fsp3) is 0.588. The Morgan fingerprint density at radius 3 is 2.48 bits per heavy atom. The van der Waals surface area contributed by atoms with Gasteiger partial charge in [-0.2, -0.15) is 0 Å². The highest BCUT2D eigenvalue weighted by molar-refractivity contribution is 7.93. The molecule has 2 N–H and O–H groups in total. The van der Waals surface area contributed by atoms with Gasteiger partial charge in [-0.3, -0.25) is 4.31 Å². The first-order chi connectivity index (χ1) is 12.0. The lowest BCUT2D eigenvalue weighted by molar-refractivity contribution is 0.247. The molecule has 0 bridgehead atoms. The third-order valence-electron chi connectivity index (χ3n) is 4.78. The zero-order valence-electron chi connectivity index (χ0n) is 14.1. The predicted octanol–water partition coefficient (Wildman–Crippen LogP) is 3.21. The van der Waals surface area contributed by atoms with E-state index in [-0.39, 0.29) is 17.5 Å². The summed E-state index contributed by atoms with van der Waals surface area (Å²) in [5.74, 6) is -0.494. The van der Waals surface area contributed by atoms with Gasteiger partial charge in [-0.05, 0) is 37.5 Å². The van der Waals surface area contributed by atoms with Crippen LogP contribution in [0.25, 0.3) is 0 Å². The van der Waals surface area contributed by atoms with E-state index in [0.717, 1.165) is 25.7 Å². The Balaban J connectivity index is 1.69. The summed E-state index contributed by atoms with van der Waals surface area (Å²) < 4.78 is 39.3. The summed E-state index contributed by atoms with van der Waals surface area (Å²) in [6, 6.07) is 3.64. The van der Waals surface area contributed by atoms with Crippen LogP contribution >= 0.6 is 0 Å². The monoisotopic (exact) mass is 369 g/mol. The molecule has 0 atom stereocenters. The second-order valence-electron chi connectivity index (χ2n) is 6.69. The molecular formula is C17H24FN3O3S. The van der Waals surface area contributed by atoms with E-state index in [1.165, 1.54) is 35.3 Å². The Morgan fingerprint density at radius 2 is 1.84 bits per heavy atom. The molecule has 3 rings (SSSR count). The van der Waals surface area contributed by atoms with Crippen molar-refractivity contribution in [1.82, 2.24) is 5.32 Å². The van der Waals surface area contributed by atoms with Crippen molar-refractivity contribution in [2.75, 3.05) is 21.9 Å². The maximum absolute atomic E-state index is 14.0. The minimum atomic E-state index is -3.34. The number of hydrogen-bond donors (Lipinski definition) is 2. The Labute approximate surface area is 147 Å². The highest BCUT2D eigenvalue weighted by atomic mass is 32.2. The van der Waals surface area contributed by atoms with Gasteiger partial charge < -0.3 is 10.6 Å². The standard InChI is InChI=1S/C17H24FN3O3S/c18-15-9-8-14(21-10-5-11-25(21,23)24)12-16(15)20-17(22)19-13-6-3-1-2-4-7-13/h8-9,12-13H,1-7,10-11H2,(H2,19,20,22). The fourth-order valence-corrected chi connectivity index (χ4v) is 5.02.